The van der Waals surface area contributed by atoms with E-state index in [1.165, 1.54) is 43.6 Å². The fourth-order valence-corrected chi connectivity index (χ4v) is 4.26. The molecule has 1 aliphatic heterocycles. The summed E-state index contributed by atoms with van der Waals surface area (Å²) in [5, 5.41) is 3.47. The molecule has 1 saturated heterocycles. The summed E-state index contributed by atoms with van der Waals surface area (Å²) in [4.78, 5) is 3.15. The van der Waals surface area contributed by atoms with Crippen LogP contribution in [-0.4, -0.2) is 13.1 Å². The molecular weight excluding hydrogens is 202 g/mol. The Hall–Kier alpha value is -0.340. The van der Waals surface area contributed by atoms with E-state index in [0.29, 0.717) is 5.41 Å². The molecule has 1 aromatic rings. The van der Waals surface area contributed by atoms with Crippen molar-refractivity contribution < 1.29 is 0 Å². The standard InChI is InChI=1S/C13H19NS/c1-10-2-3-12(15-10)13(6-7-13)11-4-8-14-9-5-11/h2-3,11,14H,4-9H2,1H3. The van der Waals surface area contributed by atoms with Gasteiger partial charge in [-0.3, -0.25) is 0 Å². The van der Waals surface area contributed by atoms with Gasteiger partial charge in [0, 0.05) is 15.2 Å². The third-order valence-corrected chi connectivity index (χ3v) is 5.36. The van der Waals surface area contributed by atoms with Crippen LogP contribution in [-0.2, 0) is 5.41 Å². The Morgan fingerprint density at radius 3 is 2.53 bits per heavy atom. The molecule has 2 heteroatoms. The van der Waals surface area contributed by atoms with Crippen molar-refractivity contribution in [3.63, 3.8) is 0 Å². The van der Waals surface area contributed by atoms with Crippen LogP contribution < -0.4 is 5.32 Å². The molecule has 0 aromatic carbocycles. The molecular formula is C13H19NS. The molecule has 82 valence electrons. The molecule has 2 aliphatic rings. The van der Waals surface area contributed by atoms with E-state index in [2.05, 4.69) is 24.4 Å². The number of piperidine rings is 1. The van der Waals surface area contributed by atoms with Gasteiger partial charge in [0.2, 0.25) is 0 Å². The number of thiophene rings is 1. The third kappa shape index (κ3) is 1.64. The van der Waals surface area contributed by atoms with Crippen LogP contribution in [0.25, 0.3) is 0 Å². The van der Waals surface area contributed by atoms with Crippen molar-refractivity contribution >= 4 is 11.3 Å². The van der Waals surface area contributed by atoms with E-state index in [4.69, 9.17) is 0 Å². The molecule has 0 unspecified atom stereocenters. The van der Waals surface area contributed by atoms with Crippen LogP contribution in [0.1, 0.15) is 35.4 Å². The quantitative estimate of drug-likeness (QED) is 0.809. The van der Waals surface area contributed by atoms with E-state index in [1.54, 1.807) is 4.88 Å². The lowest BCUT2D eigenvalue weighted by Gasteiger charge is -2.30. The maximum atomic E-state index is 3.47. The topological polar surface area (TPSA) is 12.0 Å². The predicted octanol–water partition coefficient (Wildman–Crippen LogP) is 3.09. The number of aryl methyl sites for hydroxylation is 1. The van der Waals surface area contributed by atoms with Crippen LogP contribution in [0.15, 0.2) is 12.1 Å². The lowest BCUT2D eigenvalue weighted by Crippen LogP contribution is -2.33. The van der Waals surface area contributed by atoms with E-state index in [0.717, 1.165) is 5.92 Å². The Kier molecular flexibility index (Phi) is 2.37. The van der Waals surface area contributed by atoms with Gasteiger partial charge in [-0.25, -0.2) is 0 Å². The van der Waals surface area contributed by atoms with Crippen LogP contribution >= 0.6 is 11.3 Å². The van der Waals surface area contributed by atoms with Gasteiger partial charge in [0.05, 0.1) is 0 Å². The largest absolute Gasteiger partial charge is 0.317 e. The summed E-state index contributed by atoms with van der Waals surface area (Å²) in [6.45, 7) is 4.69. The van der Waals surface area contributed by atoms with E-state index >= 15 is 0 Å². The van der Waals surface area contributed by atoms with Crippen molar-refractivity contribution in [3.05, 3.63) is 21.9 Å². The molecule has 2 heterocycles. The molecule has 1 N–H and O–H groups in total. The summed E-state index contributed by atoms with van der Waals surface area (Å²) >= 11 is 2.03. The highest BCUT2D eigenvalue weighted by molar-refractivity contribution is 7.12. The molecule has 1 saturated carbocycles. The predicted molar refractivity (Wildman–Crippen MR) is 65.6 cm³/mol. The second kappa shape index (κ2) is 3.60. The minimum absolute atomic E-state index is 0.612. The monoisotopic (exact) mass is 221 g/mol. The van der Waals surface area contributed by atoms with Crippen molar-refractivity contribution in [1.82, 2.24) is 5.32 Å². The van der Waals surface area contributed by atoms with Gasteiger partial charge in [0.1, 0.15) is 0 Å². The van der Waals surface area contributed by atoms with Gasteiger partial charge in [-0.1, -0.05) is 0 Å². The summed E-state index contributed by atoms with van der Waals surface area (Å²) in [6, 6.07) is 4.68. The zero-order chi connectivity index (χ0) is 10.3. The van der Waals surface area contributed by atoms with Crippen LogP contribution in [0.4, 0.5) is 0 Å². The molecule has 0 bridgehead atoms. The summed E-state index contributed by atoms with van der Waals surface area (Å²) in [7, 11) is 0. The second-order valence-corrected chi connectivity index (χ2v) is 6.38. The highest BCUT2D eigenvalue weighted by atomic mass is 32.1. The van der Waals surface area contributed by atoms with Gasteiger partial charge in [-0.15, -0.1) is 11.3 Å². The Labute approximate surface area is 95.9 Å². The van der Waals surface area contributed by atoms with E-state index in [1.807, 2.05) is 11.3 Å². The van der Waals surface area contributed by atoms with Gasteiger partial charge in [0.15, 0.2) is 0 Å². The van der Waals surface area contributed by atoms with E-state index < -0.39 is 0 Å². The van der Waals surface area contributed by atoms with Crippen LogP contribution in [0.2, 0.25) is 0 Å². The second-order valence-electron chi connectivity index (χ2n) is 5.09. The number of rotatable bonds is 2. The summed E-state index contributed by atoms with van der Waals surface area (Å²) in [6.07, 6.45) is 5.66. The maximum Gasteiger partial charge on any atom is 0.0113 e. The van der Waals surface area contributed by atoms with Gasteiger partial charge < -0.3 is 5.32 Å². The highest BCUT2D eigenvalue weighted by Gasteiger charge is 2.51. The number of hydrogen-bond donors (Lipinski definition) is 1. The first-order valence-electron chi connectivity index (χ1n) is 6.09. The summed E-state index contributed by atoms with van der Waals surface area (Å²) in [5.41, 5.74) is 0.612. The Morgan fingerprint density at radius 2 is 2.00 bits per heavy atom. The average molecular weight is 221 g/mol. The Morgan fingerprint density at radius 1 is 1.27 bits per heavy atom. The summed E-state index contributed by atoms with van der Waals surface area (Å²) < 4.78 is 0. The Bertz CT molecular complexity index is 345. The first kappa shape index (κ1) is 9.86. The van der Waals surface area contributed by atoms with Crippen LogP contribution in [0.3, 0.4) is 0 Å². The molecule has 1 aromatic heterocycles. The SMILES string of the molecule is Cc1ccc(C2(C3CCNCC3)CC2)s1. The van der Waals surface area contributed by atoms with Crippen molar-refractivity contribution in [2.24, 2.45) is 5.92 Å². The van der Waals surface area contributed by atoms with E-state index in [-0.39, 0.29) is 0 Å². The third-order valence-electron chi connectivity index (χ3n) is 4.14. The zero-order valence-corrected chi connectivity index (χ0v) is 10.2. The van der Waals surface area contributed by atoms with Crippen molar-refractivity contribution in [2.45, 2.75) is 38.0 Å². The maximum absolute atomic E-state index is 3.47. The molecule has 1 aliphatic carbocycles. The number of hydrogen-bond acceptors (Lipinski definition) is 2. The molecule has 0 atom stereocenters. The van der Waals surface area contributed by atoms with Crippen molar-refractivity contribution in [3.8, 4) is 0 Å². The van der Waals surface area contributed by atoms with Gasteiger partial charge in [-0.2, -0.15) is 0 Å². The smallest absolute Gasteiger partial charge is 0.0113 e. The molecule has 0 spiro atoms. The normalized spacial score (nSPS) is 25.4. The highest BCUT2D eigenvalue weighted by Crippen LogP contribution is 2.57. The van der Waals surface area contributed by atoms with Crippen molar-refractivity contribution in [2.75, 3.05) is 13.1 Å². The van der Waals surface area contributed by atoms with Gasteiger partial charge >= 0.3 is 0 Å². The molecule has 3 rings (SSSR count). The molecule has 2 fully saturated rings. The molecule has 15 heavy (non-hydrogen) atoms. The van der Waals surface area contributed by atoms with Crippen LogP contribution in [0, 0.1) is 12.8 Å². The molecule has 0 radical (unpaired) electrons. The first-order valence-corrected chi connectivity index (χ1v) is 6.90. The molecule has 0 amide bonds. The minimum Gasteiger partial charge on any atom is -0.317 e. The fourth-order valence-electron chi connectivity index (χ4n) is 3.07. The first-order chi connectivity index (χ1) is 7.31. The van der Waals surface area contributed by atoms with Crippen molar-refractivity contribution in [1.29, 1.82) is 0 Å². The van der Waals surface area contributed by atoms with Crippen LogP contribution in [0.5, 0.6) is 0 Å². The van der Waals surface area contributed by atoms with Gasteiger partial charge in [0.25, 0.3) is 0 Å². The van der Waals surface area contributed by atoms with E-state index in [9.17, 15) is 0 Å². The summed E-state index contributed by atoms with van der Waals surface area (Å²) in [5.74, 6) is 0.955. The lowest BCUT2D eigenvalue weighted by molar-refractivity contribution is 0.306. The minimum atomic E-state index is 0.612. The Balaban J connectivity index is 1.83. The molecule has 1 nitrogen and oxygen atoms in total. The number of nitrogens with one attached hydrogen (secondary N) is 1. The lowest BCUT2D eigenvalue weighted by atomic mass is 9.81. The van der Waals surface area contributed by atoms with Gasteiger partial charge in [-0.05, 0) is 63.7 Å². The average Bonchev–Trinajstić information content (AvgIpc) is 2.98. The zero-order valence-electron chi connectivity index (χ0n) is 9.38. The fraction of sp³-hybridized carbons (Fsp3) is 0.692.